The van der Waals surface area contributed by atoms with E-state index in [0.29, 0.717) is 10.9 Å². The summed E-state index contributed by atoms with van der Waals surface area (Å²) in [6, 6.07) is 8.50. The molecule has 0 unspecified atom stereocenters. The van der Waals surface area contributed by atoms with Crippen LogP contribution >= 0.6 is 11.3 Å². The zero-order valence-electron chi connectivity index (χ0n) is 17.7. The second-order valence-electron chi connectivity index (χ2n) is 8.30. The molecule has 0 radical (unpaired) electrons. The molecule has 0 spiro atoms. The van der Waals surface area contributed by atoms with Gasteiger partial charge in [0.15, 0.2) is 5.82 Å². The lowest BCUT2D eigenvalue weighted by Crippen LogP contribution is -2.40. The molecule has 0 bridgehead atoms. The Kier molecular flexibility index (Phi) is 5.79. The number of aromatic hydroxyl groups is 1. The van der Waals surface area contributed by atoms with E-state index in [2.05, 4.69) is 53.1 Å². The van der Waals surface area contributed by atoms with Crippen LogP contribution in [0, 0.1) is 5.92 Å². The Labute approximate surface area is 180 Å². The predicted octanol–water partition coefficient (Wildman–Crippen LogP) is 3.47. The minimum atomic E-state index is -0.221. The van der Waals surface area contributed by atoms with E-state index in [1.54, 1.807) is 4.52 Å². The van der Waals surface area contributed by atoms with Crippen LogP contribution in [0.1, 0.15) is 67.4 Å². The van der Waals surface area contributed by atoms with Gasteiger partial charge in [0.05, 0.1) is 10.9 Å². The minimum absolute atomic E-state index is 0.0757. The van der Waals surface area contributed by atoms with Crippen LogP contribution in [0.3, 0.4) is 0 Å². The van der Waals surface area contributed by atoms with E-state index >= 15 is 0 Å². The number of benzene rings is 1. The Morgan fingerprint density at radius 3 is 2.40 bits per heavy atom. The molecule has 3 N–H and O–H groups in total. The Bertz CT molecular complexity index is 1030. The molecule has 1 aliphatic rings. The second-order valence-corrected chi connectivity index (χ2v) is 9.31. The number of rotatable bonds is 6. The van der Waals surface area contributed by atoms with Gasteiger partial charge in [-0.3, -0.25) is 9.69 Å². The molecule has 1 aromatic carbocycles. The van der Waals surface area contributed by atoms with Crippen molar-refractivity contribution in [3.63, 3.8) is 0 Å². The van der Waals surface area contributed by atoms with Crippen molar-refractivity contribution in [2.24, 2.45) is 11.7 Å². The van der Waals surface area contributed by atoms with E-state index in [1.165, 1.54) is 16.9 Å². The van der Waals surface area contributed by atoms with E-state index in [1.807, 2.05) is 6.92 Å². The highest BCUT2D eigenvalue weighted by Crippen LogP contribution is 2.41. The quantitative estimate of drug-likeness (QED) is 0.628. The lowest BCUT2D eigenvalue weighted by atomic mass is 9.92. The molecule has 1 aliphatic heterocycles. The summed E-state index contributed by atoms with van der Waals surface area (Å²) >= 11 is 1.48. The van der Waals surface area contributed by atoms with Gasteiger partial charge in [-0.05, 0) is 43.0 Å². The number of nitrogens with two attached hydrogens (primary N) is 1. The first kappa shape index (κ1) is 20.8. The molecule has 4 rings (SSSR count). The molecule has 1 fully saturated rings. The van der Waals surface area contributed by atoms with Gasteiger partial charge >= 0.3 is 0 Å². The molecule has 0 saturated carbocycles. The number of primary amides is 1. The number of aryl methyl sites for hydroxylation is 1. The molecule has 1 amide bonds. The maximum atomic E-state index is 11.6. The summed E-state index contributed by atoms with van der Waals surface area (Å²) in [6.45, 7) is 7.85. The number of carbonyl (C=O) groups excluding carboxylic acids is 1. The Hall–Kier alpha value is -2.45. The molecular weight excluding hydrogens is 398 g/mol. The molecule has 3 heterocycles. The summed E-state index contributed by atoms with van der Waals surface area (Å²) in [5.74, 6) is 1.04. The summed E-state index contributed by atoms with van der Waals surface area (Å²) in [5, 5.41) is 15.4. The van der Waals surface area contributed by atoms with Gasteiger partial charge in [0.1, 0.15) is 0 Å². The molecule has 3 aromatic rings. The first-order valence-electron chi connectivity index (χ1n) is 10.6. The highest BCUT2D eigenvalue weighted by molar-refractivity contribution is 7.17. The normalized spacial score (nSPS) is 17.1. The lowest BCUT2D eigenvalue weighted by Gasteiger charge is -2.36. The largest absolute Gasteiger partial charge is 0.492 e. The third-order valence-electron chi connectivity index (χ3n) is 6.02. The molecule has 0 aliphatic carbocycles. The van der Waals surface area contributed by atoms with Crippen LogP contribution in [0.4, 0.5) is 0 Å². The summed E-state index contributed by atoms with van der Waals surface area (Å²) in [4.78, 5) is 20.0. The lowest BCUT2D eigenvalue weighted by molar-refractivity contribution is -0.123. The van der Waals surface area contributed by atoms with Crippen molar-refractivity contribution in [2.45, 2.75) is 52.0 Å². The zero-order valence-corrected chi connectivity index (χ0v) is 18.5. The summed E-state index contributed by atoms with van der Waals surface area (Å²) in [6.07, 6.45) is 2.19. The van der Waals surface area contributed by atoms with Crippen LogP contribution in [0.15, 0.2) is 24.3 Å². The smallest absolute Gasteiger partial charge is 0.230 e. The van der Waals surface area contributed by atoms with Crippen molar-refractivity contribution in [3.8, 4) is 5.88 Å². The number of carbonyl (C=O) groups is 1. The number of amides is 1. The molecule has 1 saturated heterocycles. The Morgan fingerprint density at radius 1 is 1.23 bits per heavy atom. The maximum Gasteiger partial charge on any atom is 0.230 e. The third kappa shape index (κ3) is 3.81. The number of likely N-dealkylation sites (tertiary alicyclic amines) is 1. The highest BCUT2D eigenvalue weighted by Gasteiger charge is 2.33. The first-order chi connectivity index (χ1) is 14.4. The van der Waals surface area contributed by atoms with Gasteiger partial charge < -0.3 is 10.8 Å². The van der Waals surface area contributed by atoms with Gasteiger partial charge in [-0.25, -0.2) is 4.98 Å². The number of hydrogen-bond donors (Lipinski definition) is 2. The Balaban J connectivity index is 1.73. The number of fused-ring (bicyclic) bond motifs is 1. The number of thiazole rings is 1. The van der Waals surface area contributed by atoms with E-state index in [9.17, 15) is 9.90 Å². The molecule has 8 heteroatoms. The SMILES string of the molecule is CCc1nc2sc([C@@H](c3ccc(C(C)C)cc3)N3CCC(C(N)=O)CC3)c(O)n2n1. The van der Waals surface area contributed by atoms with Crippen LogP contribution in [0.25, 0.3) is 4.96 Å². The van der Waals surface area contributed by atoms with Crippen LogP contribution in [-0.2, 0) is 11.2 Å². The zero-order chi connectivity index (χ0) is 21.4. The van der Waals surface area contributed by atoms with Crippen LogP contribution in [0.5, 0.6) is 5.88 Å². The highest BCUT2D eigenvalue weighted by atomic mass is 32.1. The summed E-state index contributed by atoms with van der Waals surface area (Å²) in [5.41, 5.74) is 7.93. The Morgan fingerprint density at radius 2 is 1.87 bits per heavy atom. The number of aromatic nitrogens is 3. The fourth-order valence-electron chi connectivity index (χ4n) is 4.15. The van der Waals surface area contributed by atoms with Crippen molar-refractivity contribution in [2.75, 3.05) is 13.1 Å². The third-order valence-corrected chi connectivity index (χ3v) is 7.10. The average molecular weight is 428 g/mol. The van der Waals surface area contributed by atoms with Gasteiger partial charge in [0, 0.05) is 12.3 Å². The van der Waals surface area contributed by atoms with Crippen LogP contribution < -0.4 is 5.73 Å². The van der Waals surface area contributed by atoms with Gasteiger partial charge in [-0.1, -0.05) is 56.4 Å². The van der Waals surface area contributed by atoms with E-state index < -0.39 is 0 Å². The molecular formula is C22H29N5O2S. The van der Waals surface area contributed by atoms with E-state index in [-0.39, 0.29) is 23.7 Å². The van der Waals surface area contributed by atoms with Crippen molar-refractivity contribution in [1.82, 2.24) is 19.5 Å². The van der Waals surface area contributed by atoms with Crippen molar-refractivity contribution >= 4 is 22.2 Å². The standard InChI is InChI=1S/C22H29N5O2S/c1-4-17-24-22-27(25-17)21(29)19(30-22)18(15-7-5-14(6-8-15)13(2)3)26-11-9-16(10-12-26)20(23)28/h5-8,13,16,18,29H,4,9-12H2,1-3H3,(H2,23,28)/t18-/m1/s1. The number of hydrogen-bond acceptors (Lipinski definition) is 6. The molecule has 1 atom stereocenters. The van der Waals surface area contributed by atoms with Crippen molar-refractivity contribution in [3.05, 3.63) is 46.1 Å². The number of nitrogens with zero attached hydrogens (tertiary/aromatic N) is 4. The minimum Gasteiger partial charge on any atom is -0.492 e. The molecule has 30 heavy (non-hydrogen) atoms. The second kappa shape index (κ2) is 8.35. The van der Waals surface area contributed by atoms with Crippen LogP contribution in [0.2, 0.25) is 0 Å². The first-order valence-corrected chi connectivity index (χ1v) is 11.4. The van der Waals surface area contributed by atoms with Gasteiger partial charge in [0.25, 0.3) is 0 Å². The van der Waals surface area contributed by atoms with E-state index in [4.69, 9.17) is 5.73 Å². The van der Waals surface area contributed by atoms with Gasteiger partial charge in [0.2, 0.25) is 16.7 Å². The van der Waals surface area contributed by atoms with Crippen LogP contribution in [-0.4, -0.2) is 43.6 Å². The monoisotopic (exact) mass is 427 g/mol. The molecule has 7 nitrogen and oxygen atoms in total. The fourth-order valence-corrected chi connectivity index (χ4v) is 5.29. The topological polar surface area (TPSA) is 96.8 Å². The van der Waals surface area contributed by atoms with Gasteiger partial charge in [-0.15, -0.1) is 5.10 Å². The maximum absolute atomic E-state index is 11.6. The fraction of sp³-hybridized carbons (Fsp3) is 0.500. The molecule has 2 aromatic heterocycles. The van der Waals surface area contributed by atoms with Gasteiger partial charge in [-0.2, -0.15) is 4.52 Å². The van der Waals surface area contributed by atoms with E-state index in [0.717, 1.165) is 48.6 Å². The summed E-state index contributed by atoms with van der Waals surface area (Å²) < 4.78 is 1.55. The average Bonchev–Trinajstić information content (AvgIpc) is 3.28. The number of piperidine rings is 1. The van der Waals surface area contributed by atoms with Crippen molar-refractivity contribution in [1.29, 1.82) is 0 Å². The molecule has 160 valence electrons. The summed E-state index contributed by atoms with van der Waals surface area (Å²) in [7, 11) is 0. The predicted molar refractivity (Wildman–Crippen MR) is 118 cm³/mol. The van der Waals surface area contributed by atoms with Crippen molar-refractivity contribution < 1.29 is 9.90 Å².